The third-order valence-corrected chi connectivity index (χ3v) is 4.27. The van der Waals surface area contributed by atoms with Crippen LogP contribution in [0.5, 0.6) is 0 Å². The van der Waals surface area contributed by atoms with E-state index < -0.39 is 0 Å². The van der Waals surface area contributed by atoms with Gasteiger partial charge in [0, 0.05) is 18.7 Å². The summed E-state index contributed by atoms with van der Waals surface area (Å²) in [5.74, 6) is -0.217. The Morgan fingerprint density at radius 3 is 2.90 bits per heavy atom. The third kappa shape index (κ3) is 3.28. The van der Waals surface area contributed by atoms with Gasteiger partial charge in [-0.05, 0) is 43.9 Å². The molecule has 0 N–H and O–H groups in total. The van der Waals surface area contributed by atoms with Crippen LogP contribution in [0.2, 0.25) is 0 Å². The molecule has 0 bridgehead atoms. The van der Waals surface area contributed by atoms with Crippen LogP contribution >= 0.6 is 0 Å². The number of esters is 1. The minimum absolute atomic E-state index is 0.0993. The van der Waals surface area contributed by atoms with Gasteiger partial charge in [-0.1, -0.05) is 30.3 Å². The van der Waals surface area contributed by atoms with E-state index in [4.69, 9.17) is 4.74 Å². The molecule has 0 radical (unpaired) electrons. The maximum atomic E-state index is 11.9. The van der Waals surface area contributed by atoms with Gasteiger partial charge in [0.2, 0.25) is 0 Å². The van der Waals surface area contributed by atoms with Crippen molar-refractivity contribution in [2.45, 2.75) is 37.8 Å². The molecule has 2 aliphatic rings. The van der Waals surface area contributed by atoms with E-state index in [1.165, 1.54) is 25.5 Å². The average molecular weight is 271 g/mol. The smallest absolute Gasteiger partial charge is 0.331 e. The Morgan fingerprint density at radius 1 is 1.20 bits per heavy atom. The molecular formula is C17H21NO2. The predicted molar refractivity (Wildman–Crippen MR) is 79.2 cm³/mol. The number of fused-ring (bicyclic) bond motifs is 1. The van der Waals surface area contributed by atoms with Gasteiger partial charge >= 0.3 is 5.97 Å². The minimum Gasteiger partial charge on any atom is -0.459 e. The number of rotatable bonds is 3. The summed E-state index contributed by atoms with van der Waals surface area (Å²) in [7, 11) is 0. The molecule has 2 aliphatic heterocycles. The zero-order valence-electron chi connectivity index (χ0n) is 11.7. The van der Waals surface area contributed by atoms with E-state index in [-0.39, 0.29) is 12.1 Å². The van der Waals surface area contributed by atoms with Gasteiger partial charge in [0.1, 0.15) is 6.10 Å². The molecule has 0 amide bonds. The number of carbonyl (C=O) groups is 1. The van der Waals surface area contributed by atoms with Crippen molar-refractivity contribution in [1.82, 2.24) is 4.90 Å². The second-order valence-corrected chi connectivity index (χ2v) is 5.66. The van der Waals surface area contributed by atoms with Crippen LogP contribution in [0.15, 0.2) is 36.4 Å². The summed E-state index contributed by atoms with van der Waals surface area (Å²) in [6.45, 7) is 2.30. The quantitative estimate of drug-likeness (QED) is 0.625. The van der Waals surface area contributed by atoms with Gasteiger partial charge in [-0.25, -0.2) is 4.79 Å². The Labute approximate surface area is 120 Å². The Bertz CT molecular complexity index is 483. The Balaban J connectivity index is 1.50. The molecule has 2 atom stereocenters. The van der Waals surface area contributed by atoms with Crippen molar-refractivity contribution in [2.24, 2.45) is 0 Å². The molecule has 2 unspecified atom stereocenters. The van der Waals surface area contributed by atoms with E-state index in [1.807, 2.05) is 36.4 Å². The number of nitrogens with zero attached hydrogens (tertiary/aromatic N) is 1. The fourth-order valence-corrected chi connectivity index (χ4v) is 3.23. The number of benzene rings is 1. The van der Waals surface area contributed by atoms with Crippen molar-refractivity contribution < 1.29 is 9.53 Å². The van der Waals surface area contributed by atoms with Crippen molar-refractivity contribution in [1.29, 1.82) is 0 Å². The molecule has 3 rings (SSSR count). The highest BCUT2D eigenvalue weighted by Gasteiger charge is 2.32. The fraction of sp³-hybridized carbons (Fsp3) is 0.471. The summed E-state index contributed by atoms with van der Waals surface area (Å²) in [5.41, 5.74) is 1.02. The lowest BCUT2D eigenvalue weighted by atomic mass is 10.00. The van der Waals surface area contributed by atoms with Crippen LogP contribution in [0.1, 0.15) is 31.2 Å². The first kappa shape index (κ1) is 13.4. The van der Waals surface area contributed by atoms with E-state index in [1.54, 1.807) is 0 Å². The minimum atomic E-state index is -0.217. The summed E-state index contributed by atoms with van der Waals surface area (Å²) >= 11 is 0. The monoisotopic (exact) mass is 271 g/mol. The second kappa shape index (κ2) is 6.23. The summed E-state index contributed by atoms with van der Waals surface area (Å²) in [5, 5.41) is 0. The SMILES string of the molecule is O=C(/C=C/c1ccccc1)OC1CCN2CCCC2C1. The van der Waals surface area contributed by atoms with Gasteiger partial charge in [-0.2, -0.15) is 0 Å². The Hall–Kier alpha value is -1.61. The first-order chi connectivity index (χ1) is 9.81. The zero-order chi connectivity index (χ0) is 13.8. The molecule has 0 aromatic heterocycles. The molecule has 2 heterocycles. The maximum Gasteiger partial charge on any atom is 0.331 e. The van der Waals surface area contributed by atoms with E-state index in [0.717, 1.165) is 24.9 Å². The number of ether oxygens (including phenoxy) is 1. The normalized spacial score (nSPS) is 26.6. The fourth-order valence-electron chi connectivity index (χ4n) is 3.23. The molecule has 2 saturated heterocycles. The summed E-state index contributed by atoms with van der Waals surface area (Å²) in [6, 6.07) is 10.5. The van der Waals surface area contributed by atoms with Crippen LogP contribution in [0.3, 0.4) is 0 Å². The van der Waals surface area contributed by atoms with E-state index >= 15 is 0 Å². The number of hydrogen-bond acceptors (Lipinski definition) is 3. The van der Waals surface area contributed by atoms with Crippen LogP contribution in [0, 0.1) is 0 Å². The highest BCUT2D eigenvalue weighted by atomic mass is 16.5. The Morgan fingerprint density at radius 2 is 2.05 bits per heavy atom. The van der Waals surface area contributed by atoms with Crippen LogP contribution in [-0.4, -0.2) is 36.1 Å². The molecule has 20 heavy (non-hydrogen) atoms. The van der Waals surface area contributed by atoms with Crippen molar-refractivity contribution in [3.63, 3.8) is 0 Å². The van der Waals surface area contributed by atoms with Gasteiger partial charge in [0.05, 0.1) is 0 Å². The topological polar surface area (TPSA) is 29.5 Å². The molecule has 0 saturated carbocycles. The average Bonchev–Trinajstić information content (AvgIpc) is 2.94. The summed E-state index contributed by atoms with van der Waals surface area (Å²) in [6.07, 6.45) is 7.98. The van der Waals surface area contributed by atoms with Gasteiger partial charge in [-0.15, -0.1) is 0 Å². The Kier molecular flexibility index (Phi) is 4.16. The molecule has 0 aliphatic carbocycles. The molecule has 1 aromatic carbocycles. The number of hydrogen-bond donors (Lipinski definition) is 0. The lowest BCUT2D eigenvalue weighted by molar-refractivity contribution is -0.145. The van der Waals surface area contributed by atoms with E-state index in [2.05, 4.69) is 4.90 Å². The van der Waals surface area contributed by atoms with Crippen molar-refractivity contribution in [2.75, 3.05) is 13.1 Å². The molecule has 3 nitrogen and oxygen atoms in total. The van der Waals surface area contributed by atoms with Crippen LogP contribution < -0.4 is 0 Å². The van der Waals surface area contributed by atoms with Crippen LogP contribution in [-0.2, 0) is 9.53 Å². The number of piperidine rings is 1. The van der Waals surface area contributed by atoms with Gasteiger partial charge in [-0.3, -0.25) is 0 Å². The standard InChI is InChI=1S/C17H21NO2/c19-17(9-8-14-5-2-1-3-6-14)20-16-10-12-18-11-4-7-15(18)13-16/h1-3,5-6,8-9,15-16H,4,7,10-13H2/b9-8+. The molecule has 106 valence electrons. The first-order valence-corrected chi connectivity index (χ1v) is 7.49. The summed E-state index contributed by atoms with van der Waals surface area (Å²) < 4.78 is 5.57. The third-order valence-electron chi connectivity index (χ3n) is 4.27. The van der Waals surface area contributed by atoms with Gasteiger partial charge < -0.3 is 9.64 Å². The largest absolute Gasteiger partial charge is 0.459 e. The van der Waals surface area contributed by atoms with E-state index in [0.29, 0.717) is 6.04 Å². The van der Waals surface area contributed by atoms with Crippen molar-refractivity contribution in [3.05, 3.63) is 42.0 Å². The van der Waals surface area contributed by atoms with Gasteiger partial charge in [0.15, 0.2) is 0 Å². The molecule has 0 spiro atoms. The lowest BCUT2D eigenvalue weighted by Crippen LogP contribution is -2.41. The first-order valence-electron chi connectivity index (χ1n) is 7.49. The predicted octanol–water partition coefficient (Wildman–Crippen LogP) is 2.87. The molecule has 3 heteroatoms. The van der Waals surface area contributed by atoms with Crippen molar-refractivity contribution in [3.8, 4) is 0 Å². The van der Waals surface area contributed by atoms with Crippen molar-refractivity contribution >= 4 is 12.0 Å². The molecule has 2 fully saturated rings. The molecule has 1 aromatic rings. The maximum absolute atomic E-state index is 11.9. The molecular weight excluding hydrogens is 250 g/mol. The van der Waals surface area contributed by atoms with Crippen LogP contribution in [0.4, 0.5) is 0 Å². The second-order valence-electron chi connectivity index (χ2n) is 5.66. The van der Waals surface area contributed by atoms with E-state index in [9.17, 15) is 4.79 Å². The van der Waals surface area contributed by atoms with Crippen LogP contribution in [0.25, 0.3) is 6.08 Å². The zero-order valence-corrected chi connectivity index (χ0v) is 11.7. The highest BCUT2D eigenvalue weighted by molar-refractivity contribution is 5.87. The number of carbonyl (C=O) groups excluding carboxylic acids is 1. The summed E-state index contributed by atoms with van der Waals surface area (Å²) in [4.78, 5) is 14.4. The highest BCUT2D eigenvalue weighted by Crippen LogP contribution is 2.28. The van der Waals surface area contributed by atoms with Gasteiger partial charge in [0.25, 0.3) is 0 Å². The lowest BCUT2D eigenvalue weighted by Gasteiger charge is -2.34.